The standard InChI is InChI=1S/C13H26O2/c1-5-8-9-10-12(7-3)15-13(14)11(4)6-2/h11-12H,5-10H2,1-4H3. The smallest absolute Gasteiger partial charge is 0.308 e. The third-order valence-corrected chi connectivity index (χ3v) is 2.88. The van der Waals surface area contributed by atoms with Gasteiger partial charge in [0.15, 0.2) is 0 Å². The maximum atomic E-state index is 11.6. The molecule has 0 saturated heterocycles. The first-order valence-corrected chi connectivity index (χ1v) is 6.36. The highest BCUT2D eigenvalue weighted by Gasteiger charge is 2.16. The number of ether oxygens (including phenoxy) is 1. The van der Waals surface area contributed by atoms with Gasteiger partial charge in [-0.1, -0.05) is 40.5 Å². The maximum absolute atomic E-state index is 11.6. The molecule has 0 rings (SSSR count). The predicted molar refractivity (Wildman–Crippen MR) is 63.8 cm³/mol. The van der Waals surface area contributed by atoms with E-state index in [0.29, 0.717) is 0 Å². The van der Waals surface area contributed by atoms with Gasteiger partial charge in [0, 0.05) is 0 Å². The molecule has 0 spiro atoms. The van der Waals surface area contributed by atoms with Crippen LogP contribution in [0.15, 0.2) is 0 Å². The lowest BCUT2D eigenvalue weighted by atomic mass is 10.1. The lowest BCUT2D eigenvalue weighted by molar-refractivity contribution is -0.154. The van der Waals surface area contributed by atoms with E-state index in [-0.39, 0.29) is 18.0 Å². The Morgan fingerprint density at radius 3 is 2.27 bits per heavy atom. The van der Waals surface area contributed by atoms with Crippen molar-refractivity contribution in [3.63, 3.8) is 0 Å². The van der Waals surface area contributed by atoms with Crippen LogP contribution in [0.25, 0.3) is 0 Å². The molecule has 0 saturated carbocycles. The Morgan fingerprint density at radius 2 is 1.80 bits per heavy atom. The highest BCUT2D eigenvalue weighted by molar-refractivity contribution is 5.72. The van der Waals surface area contributed by atoms with E-state index < -0.39 is 0 Å². The van der Waals surface area contributed by atoms with Crippen LogP contribution in [0.5, 0.6) is 0 Å². The van der Waals surface area contributed by atoms with Crippen LogP contribution in [0.3, 0.4) is 0 Å². The zero-order chi connectivity index (χ0) is 11.7. The van der Waals surface area contributed by atoms with Crippen LogP contribution in [-0.2, 0) is 9.53 Å². The molecule has 2 unspecified atom stereocenters. The zero-order valence-corrected chi connectivity index (χ0v) is 10.7. The monoisotopic (exact) mass is 214 g/mol. The molecular formula is C13H26O2. The number of unbranched alkanes of at least 4 members (excludes halogenated alkanes) is 2. The molecular weight excluding hydrogens is 188 g/mol. The molecule has 0 heterocycles. The van der Waals surface area contributed by atoms with E-state index in [2.05, 4.69) is 13.8 Å². The summed E-state index contributed by atoms with van der Waals surface area (Å²) in [5.74, 6) is 0.0195. The van der Waals surface area contributed by atoms with Crippen LogP contribution in [0.4, 0.5) is 0 Å². The first-order chi connectivity index (χ1) is 7.15. The quantitative estimate of drug-likeness (QED) is 0.452. The molecule has 0 aromatic rings. The van der Waals surface area contributed by atoms with Gasteiger partial charge in [-0.05, 0) is 25.7 Å². The second-order valence-corrected chi connectivity index (χ2v) is 4.27. The van der Waals surface area contributed by atoms with Crippen molar-refractivity contribution in [2.24, 2.45) is 5.92 Å². The molecule has 0 aromatic carbocycles. The van der Waals surface area contributed by atoms with Gasteiger partial charge < -0.3 is 4.74 Å². The topological polar surface area (TPSA) is 26.3 Å². The van der Waals surface area contributed by atoms with Gasteiger partial charge in [-0.3, -0.25) is 4.79 Å². The van der Waals surface area contributed by atoms with Crippen molar-refractivity contribution in [3.05, 3.63) is 0 Å². The minimum atomic E-state index is -0.0270. The summed E-state index contributed by atoms with van der Waals surface area (Å²) in [7, 11) is 0. The summed E-state index contributed by atoms with van der Waals surface area (Å²) in [5.41, 5.74) is 0. The maximum Gasteiger partial charge on any atom is 0.308 e. The first-order valence-electron chi connectivity index (χ1n) is 6.36. The van der Waals surface area contributed by atoms with Gasteiger partial charge in [0.25, 0.3) is 0 Å². The van der Waals surface area contributed by atoms with E-state index in [1.807, 2.05) is 13.8 Å². The zero-order valence-electron chi connectivity index (χ0n) is 10.7. The normalized spacial score (nSPS) is 14.7. The van der Waals surface area contributed by atoms with Crippen molar-refractivity contribution in [2.75, 3.05) is 0 Å². The summed E-state index contributed by atoms with van der Waals surface area (Å²) < 4.78 is 5.46. The number of hydrogen-bond acceptors (Lipinski definition) is 2. The van der Waals surface area contributed by atoms with Crippen molar-refractivity contribution < 1.29 is 9.53 Å². The molecule has 0 aliphatic carbocycles. The lowest BCUT2D eigenvalue weighted by Crippen LogP contribution is -2.22. The molecule has 0 aromatic heterocycles. The minimum absolute atomic E-state index is 0.0270. The Morgan fingerprint density at radius 1 is 1.13 bits per heavy atom. The number of esters is 1. The third-order valence-electron chi connectivity index (χ3n) is 2.88. The van der Waals surface area contributed by atoms with E-state index in [4.69, 9.17) is 4.74 Å². The second kappa shape index (κ2) is 8.75. The van der Waals surface area contributed by atoms with Gasteiger partial charge in [-0.25, -0.2) is 0 Å². The molecule has 0 amide bonds. The molecule has 0 aliphatic heterocycles. The molecule has 2 nitrogen and oxygen atoms in total. The Balaban J connectivity index is 3.82. The van der Waals surface area contributed by atoms with Gasteiger partial charge in [0.1, 0.15) is 6.10 Å². The molecule has 0 N–H and O–H groups in total. The van der Waals surface area contributed by atoms with Crippen LogP contribution in [0, 0.1) is 5.92 Å². The molecule has 0 fully saturated rings. The highest BCUT2D eigenvalue weighted by Crippen LogP contribution is 2.13. The number of carbonyl (C=O) groups is 1. The van der Waals surface area contributed by atoms with E-state index in [9.17, 15) is 4.79 Å². The number of rotatable bonds is 8. The fraction of sp³-hybridized carbons (Fsp3) is 0.923. The average Bonchev–Trinajstić information content (AvgIpc) is 2.26. The molecule has 2 heteroatoms. The summed E-state index contributed by atoms with van der Waals surface area (Å²) in [5, 5.41) is 0. The van der Waals surface area contributed by atoms with Crippen molar-refractivity contribution in [1.82, 2.24) is 0 Å². The molecule has 0 radical (unpaired) electrons. The van der Waals surface area contributed by atoms with E-state index in [1.165, 1.54) is 19.3 Å². The Kier molecular flexibility index (Phi) is 8.44. The fourth-order valence-corrected chi connectivity index (χ4v) is 1.42. The Bertz CT molecular complexity index is 166. The highest BCUT2D eigenvalue weighted by atomic mass is 16.5. The van der Waals surface area contributed by atoms with Crippen LogP contribution >= 0.6 is 0 Å². The first kappa shape index (κ1) is 14.5. The largest absolute Gasteiger partial charge is 0.462 e. The Hall–Kier alpha value is -0.530. The fourth-order valence-electron chi connectivity index (χ4n) is 1.42. The van der Waals surface area contributed by atoms with Gasteiger partial charge in [0.2, 0.25) is 0 Å². The summed E-state index contributed by atoms with van der Waals surface area (Å²) in [6, 6.07) is 0. The summed E-state index contributed by atoms with van der Waals surface area (Å²) in [6.07, 6.45) is 6.58. The SMILES string of the molecule is CCCCCC(CC)OC(=O)C(C)CC. The number of hydrogen-bond donors (Lipinski definition) is 0. The summed E-state index contributed by atoms with van der Waals surface area (Å²) in [6.45, 7) is 8.22. The molecule has 2 atom stereocenters. The van der Waals surface area contributed by atoms with Crippen LogP contribution in [-0.4, -0.2) is 12.1 Å². The van der Waals surface area contributed by atoms with E-state index >= 15 is 0 Å². The van der Waals surface area contributed by atoms with E-state index in [1.54, 1.807) is 0 Å². The molecule has 15 heavy (non-hydrogen) atoms. The molecule has 90 valence electrons. The van der Waals surface area contributed by atoms with E-state index in [0.717, 1.165) is 19.3 Å². The summed E-state index contributed by atoms with van der Waals surface area (Å²) in [4.78, 5) is 11.6. The van der Waals surface area contributed by atoms with Crippen LogP contribution < -0.4 is 0 Å². The van der Waals surface area contributed by atoms with Crippen molar-refractivity contribution >= 4 is 5.97 Å². The van der Waals surface area contributed by atoms with Gasteiger partial charge in [-0.15, -0.1) is 0 Å². The molecule has 0 bridgehead atoms. The van der Waals surface area contributed by atoms with Crippen molar-refractivity contribution in [3.8, 4) is 0 Å². The van der Waals surface area contributed by atoms with Gasteiger partial charge >= 0.3 is 5.97 Å². The minimum Gasteiger partial charge on any atom is -0.462 e. The summed E-state index contributed by atoms with van der Waals surface area (Å²) >= 11 is 0. The van der Waals surface area contributed by atoms with Gasteiger partial charge in [-0.2, -0.15) is 0 Å². The molecule has 0 aliphatic rings. The third kappa shape index (κ3) is 6.53. The number of carbonyl (C=O) groups excluding carboxylic acids is 1. The van der Waals surface area contributed by atoms with Crippen LogP contribution in [0.1, 0.15) is 66.2 Å². The van der Waals surface area contributed by atoms with Crippen LogP contribution in [0.2, 0.25) is 0 Å². The van der Waals surface area contributed by atoms with Crippen molar-refractivity contribution in [1.29, 1.82) is 0 Å². The average molecular weight is 214 g/mol. The predicted octanol–water partition coefficient (Wildman–Crippen LogP) is 3.93. The van der Waals surface area contributed by atoms with Gasteiger partial charge in [0.05, 0.1) is 5.92 Å². The Labute approximate surface area is 94.4 Å². The second-order valence-electron chi connectivity index (χ2n) is 4.27. The lowest BCUT2D eigenvalue weighted by Gasteiger charge is -2.18. The van der Waals surface area contributed by atoms with Crippen molar-refractivity contribution in [2.45, 2.75) is 72.3 Å².